The third-order valence-electron chi connectivity index (χ3n) is 6.63. The third kappa shape index (κ3) is 7.41. The Hall–Kier alpha value is -5.20. The zero-order valence-electron chi connectivity index (χ0n) is 23.1. The summed E-state index contributed by atoms with van der Waals surface area (Å²) in [6.45, 7) is 2.18. The van der Waals surface area contributed by atoms with Gasteiger partial charge in [-0.05, 0) is 23.8 Å². The first kappa shape index (κ1) is 31.7. The van der Waals surface area contributed by atoms with E-state index >= 15 is 0 Å². The van der Waals surface area contributed by atoms with Crippen molar-refractivity contribution in [1.29, 1.82) is 5.26 Å². The molecule has 1 unspecified atom stereocenters. The molecule has 1 aliphatic rings. The lowest BCUT2D eigenvalue weighted by Gasteiger charge is -2.36. The molecule has 1 aromatic carbocycles. The Balaban J connectivity index is 0.000000566. The summed E-state index contributed by atoms with van der Waals surface area (Å²) in [7, 11) is 0. The number of nitriles is 1. The highest BCUT2D eigenvalue weighted by Gasteiger charge is 2.38. The number of nitrogens with zero attached hydrogens (tertiary/aromatic N) is 6. The normalized spacial score (nSPS) is 13.9. The number of pyridine rings is 2. The smallest absolute Gasteiger partial charge is 0.490 e. The lowest BCUT2D eigenvalue weighted by molar-refractivity contribution is -0.192. The fourth-order valence-electron chi connectivity index (χ4n) is 4.48. The van der Waals surface area contributed by atoms with Crippen LogP contribution in [0.3, 0.4) is 0 Å². The minimum absolute atomic E-state index is 0.115. The van der Waals surface area contributed by atoms with Crippen molar-refractivity contribution in [2.75, 3.05) is 44.3 Å². The van der Waals surface area contributed by atoms with E-state index in [4.69, 9.17) is 19.7 Å². The fourth-order valence-corrected chi connectivity index (χ4v) is 4.48. The van der Waals surface area contributed by atoms with Crippen molar-refractivity contribution in [3.8, 4) is 22.9 Å². The van der Waals surface area contributed by atoms with Gasteiger partial charge in [0.05, 0.1) is 30.1 Å². The maximum atomic E-state index is 12.8. The third-order valence-corrected chi connectivity index (χ3v) is 6.63. The van der Waals surface area contributed by atoms with Crippen molar-refractivity contribution in [2.24, 2.45) is 0 Å². The summed E-state index contributed by atoms with van der Waals surface area (Å²) in [6, 6.07) is 16.8. The largest absolute Gasteiger partial charge is 0.490 e. The van der Waals surface area contributed by atoms with Crippen LogP contribution in [0, 0.1) is 11.3 Å². The first-order chi connectivity index (χ1) is 21.0. The average Bonchev–Trinajstić information content (AvgIpc) is 3.46. The molecule has 4 heterocycles. The molecule has 1 atom stereocenters. The van der Waals surface area contributed by atoms with E-state index in [0.717, 1.165) is 16.9 Å². The number of rotatable bonds is 7. The molecule has 3 N–H and O–H groups in total. The number of alkyl halides is 3. The zero-order chi connectivity index (χ0) is 31.9. The first-order valence-electron chi connectivity index (χ1n) is 13.2. The number of hydrogen-bond donors (Lipinski definition) is 3. The number of carboxylic acid groups (broad SMARTS) is 1. The van der Waals surface area contributed by atoms with E-state index in [2.05, 4.69) is 21.1 Å². The molecule has 12 nitrogen and oxygen atoms in total. The summed E-state index contributed by atoms with van der Waals surface area (Å²) in [5.41, 5.74) is 3.21. The Kier molecular flexibility index (Phi) is 9.99. The van der Waals surface area contributed by atoms with Gasteiger partial charge in [0.25, 0.3) is 5.91 Å². The van der Waals surface area contributed by atoms with Crippen LogP contribution in [0.15, 0.2) is 67.1 Å². The molecule has 1 amide bonds. The number of piperazine rings is 1. The van der Waals surface area contributed by atoms with Gasteiger partial charge in [-0.2, -0.15) is 23.5 Å². The lowest BCUT2D eigenvalue weighted by atomic mass is 10.1. The van der Waals surface area contributed by atoms with Crippen LogP contribution in [0.2, 0.25) is 0 Å². The number of carbonyl (C=O) groups excluding carboxylic acids is 1. The summed E-state index contributed by atoms with van der Waals surface area (Å²) in [6.07, 6.45) is -1.33. The summed E-state index contributed by atoms with van der Waals surface area (Å²) in [5.74, 6) is -1.76. The van der Waals surface area contributed by atoms with Crippen LogP contribution in [0.4, 0.5) is 19.0 Å². The van der Waals surface area contributed by atoms with Crippen molar-refractivity contribution >= 4 is 23.2 Å². The molecule has 1 fully saturated rings. The minimum Gasteiger partial charge on any atom is -0.490 e. The summed E-state index contributed by atoms with van der Waals surface area (Å²) >= 11 is 0. The van der Waals surface area contributed by atoms with Crippen molar-refractivity contribution in [3.63, 3.8) is 0 Å². The Morgan fingerprint density at radius 2 is 1.75 bits per heavy atom. The van der Waals surface area contributed by atoms with Gasteiger partial charge in [-0.25, -0.2) is 14.3 Å². The van der Waals surface area contributed by atoms with Gasteiger partial charge in [-0.1, -0.05) is 30.3 Å². The number of aliphatic hydroxyl groups excluding tert-OH is 2. The molecule has 15 heteroatoms. The van der Waals surface area contributed by atoms with Crippen LogP contribution < -0.4 is 9.64 Å². The molecular formula is C29H27F3N6O6. The summed E-state index contributed by atoms with van der Waals surface area (Å²) in [5, 5.41) is 40.5. The first-order valence-corrected chi connectivity index (χ1v) is 13.2. The highest BCUT2D eigenvalue weighted by atomic mass is 19.4. The molecule has 230 valence electrons. The van der Waals surface area contributed by atoms with Crippen molar-refractivity contribution in [3.05, 3.63) is 78.2 Å². The number of aliphatic carboxylic acids is 1. The van der Waals surface area contributed by atoms with E-state index < -0.39 is 18.2 Å². The molecule has 0 saturated carbocycles. The van der Waals surface area contributed by atoms with E-state index in [1.54, 1.807) is 46.1 Å². The van der Waals surface area contributed by atoms with Crippen LogP contribution in [0.25, 0.3) is 16.6 Å². The Bertz CT molecular complexity index is 1630. The van der Waals surface area contributed by atoms with E-state index in [-0.39, 0.29) is 19.1 Å². The standard InChI is InChI=1S/C27H26N6O4.C2HF3O2/c28-15-21-17-30-33-18-22(37-13-12-34)14-23(25(21)33)20-6-7-24(29-16-20)31-8-10-32(11-9-31)27(36)26(35)19-4-2-1-3-5-19;3-2(4,5)1(6)7/h1-7,14,16-18,26,34-35H,8-13H2;(H,6,7). The van der Waals surface area contributed by atoms with Gasteiger partial charge in [0.1, 0.15) is 24.2 Å². The van der Waals surface area contributed by atoms with Gasteiger partial charge in [0.2, 0.25) is 0 Å². The van der Waals surface area contributed by atoms with Crippen LogP contribution >= 0.6 is 0 Å². The number of benzene rings is 1. The van der Waals surface area contributed by atoms with Crippen molar-refractivity contribution in [1.82, 2.24) is 19.5 Å². The number of hydrogen-bond acceptors (Lipinski definition) is 9. The van der Waals surface area contributed by atoms with Crippen LogP contribution in [0.1, 0.15) is 17.2 Å². The number of anilines is 1. The second-order valence-electron chi connectivity index (χ2n) is 9.46. The topological polar surface area (TPSA) is 165 Å². The molecule has 44 heavy (non-hydrogen) atoms. The van der Waals surface area contributed by atoms with Gasteiger partial charge in [-0.3, -0.25) is 4.79 Å². The molecule has 1 aliphatic heterocycles. The molecule has 5 rings (SSSR count). The number of ether oxygens (including phenoxy) is 1. The maximum Gasteiger partial charge on any atom is 0.490 e. The molecule has 0 spiro atoms. The van der Waals surface area contributed by atoms with Crippen molar-refractivity contribution < 1.29 is 42.8 Å². The number of amides is 1. The fraction of sp³-hybridized carbons (Fsp3) is 0.276. The Morgan fingerprint density at radius 1 is 1.07 bits per heavy atom. The predicted octanol–water partition coefficient (Wildman–Crippen LogP) is 2.65. The monoisotopic (exact) mass is 612 g/mol. The van der Waals surface area contributed by atoms with Gasteiger partial charge in [0.15, 0.2) is 6.10 Å². The molecule has 4 aromatic rings. The molecule has 3 aromatic heterocycles. The van der Waals surface area contributed by atoms with E-state index in [1.165, 1.54) is 6.20 Å². The lowest BCUT2D eigenvalue weighted by Crippen LogP contribution is -2.50. The number of aromatic nitrogens is 3. The average molecular weight is 613 g/mol. The minimum atomic E-state index is -5.08. The molecule has 0 aliphatic carbocycles. The number of fused-ring (bicyclic) bond motifs is 1. The molecule has 0 radical (unpaired) electrons. The van der Waals surface area contributed by atoms with Gasteiger partial charge < -0.3 is 29.9 Å². The SMILES string of the molecule is N#Cc1cnn2cc(OCCO)cc(-c3ccc(N4CCN(C(=O)C(O)c5ccccc5)CC4)nc3)c12.O=C(O)C(F)(F)F. The highest BCUT2D eigenvalue weighted by molar-refractivity contribution is 5.85. The van der Waals surface area contributed by atoms with Gasteiger partial charge in [0, 0.05) is 43.5 Å². The van der Waals surface area contributed by atoms with Crippen LogP contribution in [-0.2, 0) is 9.59 Å². The molecule has 1 saturated heterocycles. The number of carboxylic acids is 1. The second kappa shape index (κ2) is 13.8. The molecule has 0 bridgehead atoms. The van der Waals surface area contributed by atoms with E-state index in [0.29, 0.717) is 48.6 Å². The maximum absolute atomic E-state index is 12.8. The number of aliphatic hydroxyl groups is 2. The number of halogens is 3. The quantitative estimate of drug-likeness (QED) is 0.283. The van der Waals surface area contributed by atoms with E-state index in [9.17, 15) is 28.3 Å². The van der Waals surface area contributed by atoms with Gasteiger partial charge >= 0.3 is 12.1 Å². The van der Waals surface area contributed by atoms with Crippen molar-refractivity contribution in [2.45, 2.75) is 12.3 Å². The van der Waals surface area contributed by atoms with E-state index in [1.807, 2.05) is 24.3 Å². The van der Waals surface area contributed by atoms with Crippen LogP contribution in [-0.4, -0.2) is 92.3 Å². The highest BCUT2D eigenvalue weighted by Crippen LogP contribution is 2.31. The Labute approximate surface area is 248 Å². The Morgan fingerprint density at radius 3 is 2.32 bits per heavy atom. The second-order valence-corrected chi connectivity index (χ2v) is 9.46. The predicted molar refractivity (Wildman–Crippen MR) is 150 cm³/mol. The molecular weight excluding hydrogens is 585 g/mol. The van der Waals surface area contributed by atoms with Crippen LogP contribution in [0.5, 0.6) is 5.75 Å². The summed E-state index contributed by atoms with van der Waals surface area (Å²) < 4.78 is 38.9. The number of carbonyl (C=O) groups is 2. The summed E-state index contributed by atoms with van der Waals surface area (Å²) in [4.78, 5) is 30.1. The van der Waals surface area contributed by atoms with Gasteiger partial charge in [-0.15, -0.1) is 0 Å². The zero-order valence-corrected chi connectivity index (χ0v) is 23.1.